The molecule has 0 bridgehead atoms. The summed E-state index contributed by atoms with van der Waals surface area (Å²) in [5, 5.41) is 9.17. The zero-order valence-corrected chi connectivity index (χ0v) is 11.6. The lowest BCUT2D eigenvalue weighted by molar-refractivity contribution is -0.142. The molecule has 0 radical (unpaired) electrons. The monoisotopic (exact) mass is 273 g/mol. The van der Waals surface area contributed by atoms with E-state index in [1.807, 2.05) is 19.1 Å². The maximum atomic E-state index is 12.7. The predicted octanol–water partition coefficient (Wildman–Crippen LogP) is 2.11. The Morgan fingerprint density at radius 3 is 2.80 bits per heavy atom. The van der Waals surface area contributed by atoms with Crippen molar-refractivity contribution in [3.05, 3.63) is 34.9 Å². The van der Waals surface area contributed by atoms with E-state index in [1.165, 1.54) is 11.1 Å². The minimum Gasteiger partial charge on any atom is -0.481 e. The molecule has 2 unspecified atom stereocenters. The Morgan fingerprint density at radius 2 is 2.10 bits per heavy atom. The van der Waals surface area contributed by atoms with Gasteiger partial charge >= 0.3 is 5.97 Å². The number of aliphatic carboxylic acids is 1. The summed E-state index contributed by atoms with van der Waals surface area (Å²) in [7, 11) is 0. The van der Waals surface area contributed by atoms with Gasteiger partial charge < -0.3 is 10.0 Å². The largest absolute Gasteiger partial charge is 0.481 e. The summed E-state index contributed by atoms with van der Waals surface area (Å²) in [5.74, 6) is -1.23. The van der Waals surface area contributed by atoms with E-state index in [-0.39, 0.29) is 11.9 Å². The fraction of sp³-hybridized carbons (Fsp3) is 0.500. The number of hydrogen-bond acceptors (Lipinski definition) is 2. The van der Waals surface area contributed by atoms with Crippen molar-refractivity contribution in [1.82, 2.24) is 4.90 Å². The Balaban J connectivity index is 1.87. The van der Waals surface area contributed by atoms with Crippen LogP contribution in [-0.4, -0.2) is 34.5 Å². The van der Waals surface area contributed by atoms with Crippen LogP contribution in [-0.2, 0) is 17.6 Å². The van der Waals surface area contributed by atoms with Crippen LogP contribution in [0.15, 0.2) is 18.2 Å². The molecule has 1 aliphatic carbocycles. The number of carbonyl (C=O) groups is 2. The molecule has 0 spiro atoms. The molecule has 1 amide bonds. The number of amides is 1. The van der Waals surface area contributed by atoms with Gasteiger partial charge in [0.25, 0.3) is 5.91 Å². The van der Waals surface area contributed by atoms with Crippen LogP contribution in [0, 0.1) is 5.92 Å². The Hall–Kier alpha value is -1.84. The van der Waals surface area contributed by atoms with E-state index in [9.17, 15) is 14.7 Å². The molecule has 1 aromatic rings. The van der Waals surface area contributed by atoms with Gasteiger partial charge in [-0.15, -0.1) is 0 Å². The quantitative estimate of drug-likeness (QED) is 0.898. The maximum Gasteiger partial charge on any atom is 0.308 e. The van der Waals surface area contributed by atoms with E-state index in [1.54, 1.807) is 4.90 Å². The van der Waals surface area contributed by atoms with Crippen molar-refractivity contribution in [3.63, 3.8) is 0 Å². The van der Waals surface area contributed by atoms with Gasteiger partial charge in [-0.1, -0.05) is 12.1 Å². The van der Waals surface area contributed by atoms with Crippen LogP contribution in [0.1, 0.15) is 41.3 Å². The first-order chi connectivity index (χ1) is 9.59. The second-order valence-electron chi connectivity index (χ2n) is 5.77. The molecule has 1 aliphatic heterocycles. The predicted molar refractivity (Wildman–Crippen MR) is 74.7 cm³/mol. The summed E-state index contributed by atoms with van der Waals surface area (Å²) in [5.41, 5.74) is 3.22. The van der Waals surface area contributed by atoms with Crippen molar-refractivity contribution in [3.8, 4) is 0 Å². The third-order valence-corrected chi connectivity index (χ3v) is 4.71. The Labute approximate surface area is 118 Å². The van der Waals surface area contributed by atoms with Gasteiger partial charge in [-0.05, 0) is 49.8 Å². The highest BCUT2D eigenvalue weighted by atomic mass is 16.4. The Bertz CT molecular complexity index is 567. The van der Waals surface area contributed by atoms with Crippen molar-refractivity contribution in [1.29, 1.82) is 0 Å². The Kier molecular flexibility index (Phi) is 3.24. The zero-order chi connectivity index (χ0) is 14.3. The average molecular weight is 273 g/mol. The van der Waals surface area contributed by atoms with Gasteiger partial charge in [0, 0.05) is 18.2 Å². The number of hydrogen-bond donors (Lipinski definition) is 1. The summed E-state index contributed by atoms with van der Waals surface area (Å²) in [6, 6.07) is 5.68. The lowest BCUT2D eigenvalue weighted by Gasteiger charge is -2.24. The van der Waals surface area contributed by atoms with E-state index < -0.39 is 11.9 Å². The number of carboxylic acids is 1. The second kappa shape index (κ2) is 4.93. The molecule has 3 rings (SSSR count). The minimum atomic E-state index is -0.800. The highest BCUT2D eigenvalue weighted by Crippen LogP contribution is 2.30. The number of carboxylic acid groups (broad SMARTS) is 1. The summed E-state index contributed by atoms with van der Waals surface area (Å²) in [6.45, 7) is 2.38. The standard InChI is InChI=1S/C16H19NO3/c1-10-12(16(19)20)8-9-17(10)15(18)14-7-3-5-11-4-2-6-13(11)14/h3,5,7,10,12H,2,4,6,8-9H2,1H3,(H,19,20). The van der Waals surface area contributed by atoms with E-state index in [4.69, 9.17) is 0 Å². The normalized spacial score (nSPS) is 24.8. The first kappa shape index (κ1) is 13.2. The van der Waals surface area contributed by atoms with E-state index in [2.05, 4.69) is 6.07 Å². The molecule has 20 heavy (non-hydrogen) atoms. The smallest absolute Gasteiger partial charge is 0.308 e. The van der Waals surface area contributed by atoms with Gasteiger partial charge in [0.1, 0.15) is 0 Å². The molecule has 1 fully saturated rings. The van der Waals surface area contributed by atoms with E-state index in [0.717, 1.165) is 24.8 Å². The van der Waals surface area contributed by atoms with Crippen LogP contribution < -0.4 is 0 Å². The number of carbonyl (C=O) groups excluding carboxylic acids is 1. The lowest BCUT2D eigenvalue weighted by Crippen LogP contribution is -2.38. The molecule has 1 heterocycles. The summed E-state index contributed by atoms with van der Waals surface area (Å²) < 4.78 is 0. The van der Waals surface area contributed by atoms with Gasteiger partial charge in [0.2, 0.25) is 0 Å². The molecule has 0 aromatic heterocycles. The van der Waals surface area contributed by atoms with Crippen LogP contribution in [0.5, 0.6) is 0 Å². The third-order valence-electron chi connectivity index (χ3n) is 4.71. The van der Waals surface area contributed by atoms with Crippen molar-refractivity contribution in [2.75, 3.05) is 6.54 Å². The minimum absolute atomic E-state index is 0.000000000000000222. The summed E-state index contributed by atoms with van der Waals surface area (Å²) >= 11 is 0. The number of rotatable bonds is 2. The van der Waals surface area contributed by atoms with Gasteiger partial charge in [0.15, 0.2) is 0 Å². The molecule has 4 nitrogen and oxygen atoms in total. The highest BCUT2D eigenvalue weighted by molar-refractivity contribution is 5.97. The van der Waals surface area contributed by atoms with Crippen molar-refractivity contribution in [2.24, 2.45) is 5.92 Å². The Morgan fingerprint density at radius 1 is 1.30 bits per heavy atom. The van der Waals surface area contributed by atoms with E-state index in [0.29, 0.717) is 13.0 Å². The molecule has 1 N–H and O–H groups in total. The highest BCUT2D eigenvalue weighted by Gasteiger charge is 2.39. The fourth-order valence-electron chi connectivity index (χ4n) is 3.53. The van der Waals surface area contributed by atoms with Gasteiger partial charge in [-0.3, -0.25) is 9.59 Å². The van der Waals surface area contributed by atoms with Crippen LogP contribution in [0.2, 0.25) is 0 Å². The van der Waals surface area contributed by atoms with Crippen LogP contribution in [0.25, 0.3) is 0 Å². The SMILES string of the molecule is CC1C(C(=O)O)CCN1C(=O)c1cccc2c1CCC2. The van der Waals surface area contributed by atoms with Crippen LogP contribution >= 0.6 is 0 Å². The average Bonchev–Trinajstić information content (AvgIpc) is 3.03. The van der Waals surface area contributed by atoms with Crippen LogP contribution in [0.4, 0.5) is 0 Å². The van der Waals surface area contributed by atoms with Gasteiger partial charge in [0.05, 0.1) is 5.92 Å². The van der Waals surface area contributed by atoms with Crippen molar-refractivity contribution < 1.29 is 14.7 Å². The fourth-order valence-corrected chi connectivity index (χ4v) is 3.53. The molecule has 0 saturated carbocycles. The number of nitrogens with zero attached hydrogens (tertiary/aromatic N) is 1. The third kappa shape index (κ3) is 1.99. The van der Waals surface area contributed by atoms with Crippen LogP contribution in [0.3, 0.4) is 0 Å². The number of likely N-dealkylation sites (tertiary alicyclic amines) is 1. The van der Waals surface area contributed by atoms with Gasteiger partial charge in [-0.2, -0.15) is 0 Å². The molecule has 2 atom stereocenters. The van der Waals surface area contributed by atoms with Gasteiger partial charge in [-0.25, -0.2) is 0 Å². The molecular weight excluding hydrogens is 254 g/mol. The first-order valence-corrected chi connectivity index (χ1v) is 7.24. The molecule has 1 saturated heterocycles. The molecule has 106 valence electrons. The zero-order valence-electron chi connectivity index (χ0n) is 11.6. The number of benzene rings is 1. The lowest BCUT2D eigenvalue weighted by atomic mass is 10.0. The molecule has 2 aliphatic rings. The van der Waals surface area contributed by atoms with E-state index >= 15 is 0 Å². The first-order valence-electron chi connectivity index (χ1n) is 7.24. The topological polar surface area (TPSA) is 57.6 Å². The number of fused-ring (bicyclic) bond motifs is 1. The summed E-state index contributed by atoms with van der Waals surface area (Å²) in [6.07, 6.45) is 3.66. The van der Waals surface area contributed by atoms with Crippen molar-refractivity contribution in [2.45, 2.75) is 38.6 Å². The molecule has 4 heteroatoms. The molecule has 1 aromatic carbocycles. The number of aryl methyl sites for hydroxylation is 1. The summed E-state index contributed by atoms with van der Waals surface area (Å²) in [4.78, 5) is 25.6. The second-order valence-corrected chi connectivity index (χ2v) is 5.77. The molecular formula is C16H19NO3. The maximum absolute atomic E-state index is 12.7. The van der Waals surface area contributed by atoms with Crippen molar-refractivity contribution >= 4 is 11.9 Å².